The van der Waals surface area contributed by atoms with Crippen molar-refractivity contribution in [2.75, 3.05) is 6.79 Å². The molecule has 0 amide bonds. The Balaban J connectivity index is 2.16. The molecule has 0 radical (unpaired) electrons. The SMILES string of the molecule is NC(CCC(=O)O)c1cc(Cl)c2c(c1)OCO2. The third-order valence-electron chi connectivity index (χ3n) is 2.55. The van der Waals surface area contributed by atoms with Crippen LogP contribution in [0.25, 0.3) is 0 Å². The first kappa shape index (κ1) is 12.0. The highest BCUT2D eigenvalue weighted by atomic mass is 35.5. The van der Waals surface area contributed by atoms with Crippen molar-refractivity contribution in [1.29, 1.82) is 0 Å². The fourth-order valence-electron chi connectivity index (χ4n) is 1.65. The Morgan fingerprint density at radius 1 is 1.53 bits per heavy atom. The lowest BCUT2D eigenvalue weighted by atomic mass is 10.0. The molecule has 92 valence electrons. The molecule has 1 atom stereocenters. The fraction of sp³-hybridized carbons (Fsp3) is 0.364. The average Bonchev–Trinajstić information content (AvgIpc) is 2.74. The van der Waals surface area contributed by atoms with Gasteiger partial charge in [0.25, 0.3) is 0 Å². The summed E-state index contributed by atoms with van der Waals surface area (Å²) in [6.45, 7) is 0.142. The number of carbonyl (C=O) groups is 1. The number of benzene rings is 1. The van der Waals surface area contributed by atoms with E-state index < -0.39 is 5.97 Å². The van der Waals surface area contributed by atoms with Gasteiger partial charge < -0.3 is 20.3 Å². The van der Waals surface area contributed by atoms with Crippen molar-refractivity contribution in [3.63, 3.8) is 0 Å². The van der Waals surface area contributed by atoms with Crippen LogP contribution in [0.2, 0.25) is 5.02 Å². The summed E-state index contributed by atoms with van der Waals surface area (Å²) in [7, 11) is 0. The maximum Gasteiger partial charge on any atom is 0.303 e. The molecule has 3 N–H and O–H groups in total. The second-order valence-corrected chi connectivity index (χ2v) is 4.18. The Hall–Kier alpha value is -1.46. The van der Waals surface area contributed by atoms with Crippen molar-refractivity contribution >= 4 is 17.6 Å². The van der Waals surface area contributed by atoms with Gasteiger partial charge in [-0.15, -0.1) is 0 Å². The number of hydrogen-bond donors (Lipinski definition) is 2. The molecule has 1 aliphatic rings. The van der Waals surface area contributed by atoms with Gasteiger partial charge in [-0.05, 0) is 24.1 Å². The fourth-order valence-corrected chi connectivity index (χ4v) is 1.92. The maximum absolute atomic E-state index is 10.5. The molecule has 1 unspecified atom stereocenters. The standard InChI is InChI=1S/C11H12ClNO4/c12-7-3-6(8(13)1-2-10(14)15)4-9-11(7)17-5-16-9/h3-4,8H,1-2,5,13H2,(H,14,15). The van der Waals surface area contributed by atoms with Gasteiger partial charge in [0, 0.05) is 12.5 Å². The summed E-state index contributed by atoms with van der Waals surface area (Å²) in [6.07, 6.45) is 0.374. The number of halogens is 1. The molecule has 0 aliphatic carbocycles. The lowest BCUT2D eigenvalue weighted by molar-refractivity contribution is -0.137. The maximum atomic E-state index is 10.5. The van der Waals surface area contributed by atoms with E-state index in [0.29, 0.717) is 22.9 Å². The van der Waals surface area contributed by atoms with E-state index in [-0.39, 0.29) is 19.3 Å². The van der Waals surface area contributed by atoms with Crippen LogP contribution in [-0.2, 0) is 4.79 Å². The van der Waals surface area contributed by atoms with Crippen LogP contribution in [0.15, 0.2) is 12.1 Å². The minimum atomic E-state index is -0.868. The zero-order chi connectivity index (χ0) is 12.4. The minimum absolute atomic E-state index is 0.0211. The Bertz CT molecular complexity index is 449. The Morgan fingerprint density at radius 2 is 2.29 bits per heavy atom. The average molecular weight is 258 g/mol. The largest absolute Gasteiger partial charge is 0.481 e. The van der Waals surface area contributed by atoms with Crippen LogP contribution in [-0.4, -0.2) is 17.9 Å². The molecule has 0 spiro atoms. The topological polar surface area (TPSA) is 81.8 Å². The lowest BCUT2D eigenvalue weighted by Crippen LogP contribution is -2.12. The van der Waals surface area contributed by atoms with Crippen LogP contribution in [0.3, 0.4) is 0 Å². The smallest absolute Gasteiger partial charge is 0.303 e. The number of hydrogen-bond acceptors (Lipinski definition) is 4. The number of ether oxygens (including phenoxy) is 2. The first-order valence-electron chi connectivity index (χ1n) is 5.14. The molecule has 2 rings (SSSR count). The molecule has 0 saturated heterocycles. The van der Waals surface area contributed by atoms with Gasteiger partial charge in [0.05, 0.1) is 5.02 Å². The summed E-state index contributed by atoms with van der Waals surface area (Å²) >= 11 is 6.00. The molecule has 0 bridgehead atoms. The normalized spacial score (nSPS) is 14.7. The molecular formula is C11H12ClNO4. The third-order valence-corrected chi connectivity index (χ3v) is 2.83. The van der Waals surface area contributed by atoms with Gasteiger partial charge >= 0.3 is 5.97 Å². The quantitative estimate of drug-likeness (QED) is 0.861. The van der Waals surface area contributed by atoms with Crippen LogP contribution in [0.4, 0.5) is 0 Å². The van der Waals surface area contributed by atoms with Gasteiger partial charge in [-0.3, -0.25) is 4.79 Å². The van der Waals surface area contributed by atoms with Crippen molar-refractivity contribution in [2.45, 2.75) is 18.9 Å². The van der Waals surface area contributed by atoms with E-state index >= 15 is 0 Å². The van der Waals surface area contributed by atoms with Crippen molar-refractivity contribution in [2.24, 2.45) is 5.73 Å². The van der Waals surface area contributed by atoms with E-state index in [2.05, 4.69) is 0 Å². The second kappa shape index (κ2) is 4.81. The van der Waals surface area contributed by atoms with Crippen molar-refractivity contribution in [3.05, 3.63) is 22.7 Å². The Labute approximate surface area is 103 Å². The molecule has 5 nitrogen and oxygen atoms in total. The first-order chi connectivity index (χ1) is 8.08. The number of aliphatic carboxylic acids is 1. The molecular weight excluding hydrogens is 246 g/mol. The Morgan fingerprint density at radius 3 is 3.00 bits per heavy atom. The van der Waals surface area contributed by atoms with Gasteiger partial charge in [-0.2, -0.15) is 0 Å². The number of rotatable bonds is 4. The predicted molar refractivity (Wildman–Crippen MR) is 61.4 cm³/mol. The molecule has 17 heavy (non-hydrogen) atoms. The summed E-state index contributed by atoms with van der Waals surface area (Å²) in [5, 5.41) is 9.02. The Kier molecular flexibility index (Phi) is 3.40. The molecule has 1 aromatic rings. The van der Waals surface area contributed by atoms with E-state index in [9.17, 15) is 4.79 Å². The van der Waals surface area contributed by atoms with E-state index in [4.69, 9.17) is 31.9 Å². The van der Waals surface area contributed by atoms with E-state index in [1.165, 1.54) is 0 Å². The molecule has 1 aromatic carbocycles. The third kappa shape index (κ3) is 2.62. The number of carboxylic acids is 1. The first-order valence-corrected chi connectivity index (χ1v) is 5.52. The molecule has 1 aliphatic heterocycles. The van der Waals surface area contributed by atoms with E-state index in [1.807, 2.05) is 0 Å². The predicted octanol–water partition coefficient (Wildman–Crippen LogP) is 1.93. The van der Waals surface area contributed by atoms with Crippen LogP contribution in [0, 0.1) is 0 Å². The van der Waals surface area contributed by atoms with Gasteiger partial charge in [-0.1, -0.05) is 11.6 Å². The van der Waals surface area contributed by atoms with Crippen molar-refractivity contribution in [3.8, 4) is 11.5 Å². The highest BCUT2D eigenvalue weighted by Gasteiger charge is 2.20. The van der Waals surface area contributed by atoms with Crippen LogP contribution >= 0.6 is 11.6 Å². The summed E-state index contributed by atoms with van der Waals surface area (Å²) < 4.78 is 10.4. The van der Waals surface area contributed by atoms with Crippen LogP contribution in [0.1, 0.15) is 24.4 Å². The zero-order valence-corrected chi connectivity index (χ0v) is 9.74. The molecule has 1 heterocycles. The van der Waals surface area contributed by atoms with E-state index in [1.54, 1.807) is 12.1 Å². The van der Waals surface area contributed by atoms with Crippen molar-refractivity contribution < 1.29 is 19.4 Å². The summed E-state index contributed by atoms with van der Waals surface area (Å²) in [5.41, 5.74) is 6.64. The number of fused-ring (bicyclic) bond motifs is 1. The zero-order valence-electron chi connectivity index (χ0n) is 8.98. The highest BCUT2D eigenvalue weighted by Crippen LogP contribution is 2.41. The summed E-state index contributed by atoms with van der Waals surface area (Å²) in [5.74, 6) is 0.200. The molecule has 0 saturated carbocycles. The van der Waals surface area contributed by atoms with Crippen LogP contribution in [0.5, 0.6) is 11.5 Å². The van der Waals surface area contributed by atoms with Gasteiger partial charge in [0.2, 0.25) is 6.79 Å². The number of nitrogens with two attached hydrogens (primary N) is 1. The highest BCUT2D eigenvalue weighted by molar-refractivity contribution is 6.32. The summed E-state index contributed by atoms with van der Waals surface area (Å²) in [6, 6.07) is 3.04. The summed E-state index contributed by atoms with van der Waals surface area (Å²) in [4.78, 5) is 10.5. The van der Waals surface area contributed by atoms with Crippen LogP contribution < -0.4 is 15.2 Å². The lowest BCUT2D eigenvalue weighted by Gasteiger charge is -2.12. The van der Waals surface area contributed by atoms with Gasteiger partial charge in [0.15, 0.2) is 11.5 Å². The van der Waals surface area contributed by atoms with Crippen molar-refractivity contribution in [1.82, 2.24) is 0 Å². The van der Waals surface area contributed by atoms with E-state index in [0.717, 1.165) is 5.56 Å². The molecule has 6 heteroatoms. The monoisotopic (exact) mass is 257 g/mol. The molecule has 0 fully saturated rings. The van der Waals surface area contributed by atoms with Gasteiger partial charge in [-0.25, -0.2) is 0 Å². The van der Waals surface area contributed by atoms with Gasteiger partial charge in [0.1, 0.15) is 0 Å². The molecule has 0 aromatic heterocycles. The second-order valence-electron chi connectivity index (χ2n) is 3.78. The minimum Gasteiger partial charge on any atom is -0.481 e. The number of carboxylic acid groups (broad SMARTS) is 1.